The molecule has 1 fully saturated rings. The zero-order valence-electron chi connectivity index (χ0n) is 9.97. The van der Waals surface area contributed by atoms with Crippen LogP contribution in [0.4, 0.5) is 0 Å². The highest BCUT2D eigenvalue weighted by atomic mass is 14.6. The van der Waals surface area contributed by atoms with Crippen LogP contribution >= 0.6 is 0 Å². The van der Waals surface area contributed by atoms with Crippen molar-refractivity contribution in [2.24, 2.45) is 23.0 Å². The van der Waals surface area contributed by atoms with Gasteiger partial charge in [-0.1, -0.05) is 39.3 Å². The van der Waals surface area contributed by atoms with Crippen LogP contribution in [0.15, 0.2) is 12.2 Å². The van der Waals surface area contributed by atoms with Gasteiger partial charge in [0.05, 0.1) is 0 Å². The highest BCUT2D eigenvalue weighted by Gasteiger charge is 2.44. The van der Waals surface area contributed by atoms with Crippen LogP contribution in [0.5, 0.6) is 0 Å². The van der Waals surface area contributed by atoms with E-state index in [1.807, 2.05) is 0 Å². The molecule has 0 radical (unpaired) electrons. The average molecular weight is 195 g/mol. The minimum atomic E-state index is 0.340. The molecule has 0 bridgehead atoms. The fraction of sp³-hybridized carbons (Fsp3) is 0.846. The smallest absolute Gasteiger partial charge is 0.0139 e. The molecule has 2 N–H and O–H groups in total. The van der Waals surface area contributed by atoms with Crippen molar-refractivity contribution in [3.63, 3.8) is 0 Å². The highest BCUT2D eigenvalue weighted by Crippen LogP contribution is 2.53. The summed E-state index contributed by atoms with van der Waals surface area (Å²) in [6, 6.07) is 0. The zero-order valence-corrected chi connectivity index (χ0v) is 9.97. The van der Waals surface area contributed by atoms with E-state index in [9.17, 15) is 0 Å². The van der Waals surface area contributed by atoms with Crippen LogP contribution in [-0.4, -0.2) is 6.54 Å². The van der Waals surface area contributed by atoms with Gasteiger partial charge in [0.15, 0.2) is 0 Å². The summed E-state index contributed by atoms with van der Waals surface area (Å²) in [5, 5.41) is 0. The van der Waals surface area contributed by atoms with Crippen molar-refractivity contribution in [2.75, 3.05) is 6.54 Å². The third-order valence-corrected chi connectivity index (χ3v) is 4.54. The highest BCUT2D eigenvalue weighted by molar-refractivity contribution is 5.15. The zero-order chi connectivity index (χ0) is 10.8. The normalized spacial score (nSPS) is 27.1. The second-order valence-electron chi connectivity index (χ2n) is 4.83. The minimum Gasteiger partial charge on any atom is -0.327 e. The lowest BCUT2D eigenvalue weighted by molar-refractivity contribution is 0.0467. The van der Waals surface area contributed by atoms with Crippen LogP contribution in [0.2, 0.25) is 0 Å². The SMILES string of the molecule is C=C(CN)C(CC)(CC)C1CC[C@@H]1C. The first-order valence-electron chi connectivity index (χ1n) is 6.00. The molecule has 1 aliphatic carbocycles. The first-order valence-corrected chi connectivity index (χ1v) is 6.00. The van der Waals surface area contributed by atoms with Crippen LogP contribution in [0.1, 0.15) is 46.5 Å². The molecule has 2 atom stereocenters. The molecule has 1 rings (SSSR count). The van der Waals surface area contributed by atoms with E-state index in [-0.39, 0.29) is 0 Å². The van der Waals surface area contributed by atoms with Gasteiger partial charge in [0, 0.05) is 6.54 Å². The summed E-state index contributed by atoms with van der Waals surface area (Å²) in [4.78, 5) is 0. The van der Waals surface area contributed by atoms with E-state index < -0.39 is 0 Å². The summed E-state index contributed by atoms with van der Waals surface area (Å²) in [5.74, 6) is 1.71. The minimum absolute atomic E-state index is 0.340. The Morgan fingerprint density at radius 3 is 2.14 bits per heavy atom. The van der Waals surface area contributed by atoms with Gasteiger partial charge in [-0.15, -0.1) is 0 Å². The van der Waals surface area contributed by atoms with E-state index in [1.54, 1.807) is 0 Å². The van der Waals surface area contributed by atoms with E-state index in [2.05, 4.69) is 27.4 Å². The molecule has 0 spiro atoms. The summed E-state index contributed by atoms with van der Waals surface area (Å²) < 4.78 is 0. The number of hydrogen-bond acceptors (Lipinski definition) is 1. The first kappa shape index (κ1) is 11.8. The summed E-state index contributed by atoms with van der Waals surface area (Å²) in [6.45, 7) is 11.8. The molecule has 0 amide bonds. The quantitative estimate of drug-likeness (QED) is 0.669. The second kappa shape index (κ2) is 4.48. The molecule has 1 nitrogen and oxygen atoms in total. The van der Waals surface area contributed by atoms with Crippen molar-refractivity contribution in [1.29, 1.82) is 0 Å². The fourth-order valence-electron chi connectivity index (χ4n) is 3.23. The van der Waals surface area contributed by atoms with Gasteiger partial charge in [0.25, 0.3) is 0 Å². The van der Waals surface area contributed by atoms with Crippen LogP contribution in [0.3, 0.4) is 0 Å². The summed E-state index contributed by atoms with van der Waals surface area (Å²) in [5.41, 5.74) is 7.39. The molecule has 0 heterocycles. The lowest BCUT2D eigenvalue weighted by Gasteiger charge is -2.50. The Morgan fingerprint density at radius 1 is 1.36 bits per heavy atom. The number of rotatable bonds is 5. The van der Waals surface area contributed by atoms with Crippen molar-refractivity contribution >= 4 is 0 Å². The van der Waals surface area contributed by atoms with E-state index in [1.165, 1.54) is 31.3 Å². The van der Waals surface area contributed by atoms with Gasteiger partial charge >= 0.3 is 0 Å². The predicted molar refractivity (Wildman–Crippen MR) is 63.1 cm³/mol. The first-order chi connectivity index (χ1) is 6.62. The third kappa shape index (κ3) is 1.63. The molecule has 1 saturated carbocycles. The monoisotopic (exact) mass is 195 g/mol. The van der Waals surface area contributed by atoms with E-state index in [0.717, 1.165) is 11.8 Å². The number of nitrogens with two attached hydrogens (primary N) is 1. The van der Waals surface area contributed by atoms with Crippen molar-refractivity contribution < 1.29 is 0 Å². The topological polar surface area (TPSA) is 26.0 Å². The second-order valence-corrected chi connectivity index (χ2v) is 4.83. The lowest BCUT2D eigenvalue weighted by atomic mass is 9.55. The molecule has 0 saturated heterocycles. The Kier molecular flexibility index (Phi) is 3.77. The summed E-state index contributed by atoms with van der Waals surface area (Å²) >= 11 is 0. The van der Waals surface area contributed by atoms with Gasteiger partial charge in [-0.05, 0) is 36.5 Å². The Bertz CT molecular complexity index is 203. The molecule has 1 aliphatic rings. The van der Waals surface area contributed by atoms with Crippen LogP contribution < -0.4 is 5.73 Å². The molecule has 14 heavy (non-hydrogen) atoms. The van der Waals surface area contributed by atoms with E-state index in [4.69, 9.17) is 5.73 Å². The molecule has 1 unspecified atom stereocenters. The van der Waals surface area contributed by atoms with Crippen LogP contribution in [-0.2, 0) is 0 Å². The lowest BCUT2D eigenvalue weighted by Crippen LogP contribution is -2.42. The van der Waals surface area contributed by atoms with Gasteiger partial charge in [-0.25, -0.2) is 0 Å². The van der Waals surface area contributed by atoms with Gasteiger partial charge in [0.2, 0.25) is 0 Å². The van der Waals surface area contributed by atoms with Crippen molar-refractivity contribution in [1.82, 2.24) is 0 Å². The summed E-state index contributed by atoms with van der Waals surface area (Å²) in [7, 11) is 0. The van der Waals surface area contributed by atoms with Gasteiger partial charge in [-0.2, -0.15) is 0 Å². The van der Waals surface area contributed by atoms with Crippen molar-refractivity contribution in [2.45, 2.75) is 46.5 Å². The average Bonchev–Trinajstić information content (AvgIpc) is 2.22. The van der Waals surface area contributed by atoms with Gasteiger partial charge in [0.1, 0.15) is 0 Å². The maximum absolute atomic E-state index is 5.77. The maximum atomic E-state index is 5.77. The van der Waals surface area contributed by atoms with Crippen molar-refractivity contribution in [3.8, 4) is 0 Å². The van der Waals surface area contributed by atoms with E-state index >= 15 is 0 Å². The van der Waals surface area contributed by atoms with Gasteiger partial charge < -0.3 is 5.73 Å². The summed E-state index contributed by atoms with van der Waals surface area (Å²) in [6.07, 6.45) is 5.18. The predicted octanol–water partition coefficient (Wildman–Crippen LogP) is 3.35. The third-order valence-electron chi connectivity index (χ3n) is 4.54. The Hall–Kier alpha value is -0.300. The molecule has 82 valence electrons. The van der Waals surface area contributed by atoms with Gasteiger partial charge in [-0.3, -0.25) is 0 Å². The van der Waals surface area contributed by atoms with Crippen molar-refractivity contribution in [3.05, 3.63) is 12.2 Å². The largest absolute Gasteiger partial charge is 0.327 e. The molecule has 0 aromatic carbocycles. The fourth-order valence-corrected chi connectivity index (χ4v) is 3.23. The molecule has 0 aromatic heterocycles. The van der Waals surface area contributed by atoms with Crippen LogP contribution in [0.25, 0.3) is 0 Å². The Morgan fingerprint density at radius 2 is 1.93 bits per heavy atom. The standard InChI is InChI=1S/C13H25N/c1-5-13(6-2,11(4)9-14)12-8-7-10(12)3/h10,12H,4-9,14H2,1-3H3/t10-,12?/m0/s1. The maximum Gasteiger partial charge on any atom is 0.0139 e. The molecule has 0 aromatic rings. The molecule has 1 heteroatoms. The Balaban J connectivity index is 2.84. The Labute approximate surface area is 88.8 Å². The van der Waals surface area contributed by atoms with E-state index in [0.29, 0.717) is 12.0 Å². The van der Waals surface area contributed by atoms with Crippen LogP contribution in [0, 0.1) is 17.3 Å². The molecule has 0 aliphatic heterocycles. The molecular weight excluding hydrogens is 170 g/mol. The molecular formula is C13H25N. The number of hydrogen-bond donors (Lipinski definition) is 1.